The fourth-order valence-corrected chi connectivity index (χ4v) is 2.92. The van der Waals surface area contributed by atoms with Gasteiger partial charge in [0.05, 0.1) is 0 Å². The molecule has 1 aliphatic heterocycles. The second-order valence-electron chi connectivity index (χ2n) is 4.02. The van der Waals surface area contributed by atoms with E-state index < -0.39 is 0 Å². The molecule has 2 unspecified atom stereocenters. The van der Waals surface area contributed by atoms with E-state index in [4.69, 9.17) is 0 Å². The van der Waals surface area contributed by atoms with Crippen molar-refractivity contribution in [3.8, 4) is 0 Å². The van der Waals surface area contributed by atoms with E-state index in [9.17, 15) is 0 Å². The van der Waals surface area contributed by atoms with Gasteiger partial charge in [0.2, 0.25) is 0 Å². The number of piperazine rings is 1. The van der Waals surface area contributed by atoms with Gasteiger partial charge >= 0.3 is 0 Å². The van der Waals surface area contributed by atoms with Crippen molar-refractivity contribution < 1.29 is 0 Å². The highest BCUT2D eigenvalue weighted by molar-refractivity contribution is 7.99. The largest absolute Gasteiger partial charge is 0.314 e. The van der Waals surface area contributed by atoms with E-state index >= 15 is 0 Å². The Hall–Kier alpha value is 0.230. The SMILES string of the molecule is CCSCC(NC)C1(C)CNCCN1. The molecule has 1 fully saturated rings. The van der Waals surface area contributed by atoms with E-state index in [1.807, 2.05) is 11.8 Å². The van der Waals surface area contributed by atoms with Gasteiger partial charge in [0.15, 0.2) is 0 Å². The van der Waals surface area contributed by atoms with Gasteiger partial charge in [-0.2, -0.15) is 11.8 Å². The zero-order chi connectivity index (χ0) is 10.4. The van der Waals surface area contributed by atoms with Crippen LogP contribution in [0.15, 0.2) is 0 Å². The van der Waals surface area contributed by atoms with Crippen LogP contribution in [-0.2, 0) is 0 Å². The quantitative estimate of drug-likeness (QED) is 0.618. The van der Waals surface area contributed by atoms with Gasteiger partial charge in [-0.3, -0.25) is 0 Å². The second kappa shape index (κ2) is 5.95. The molecule has 14 heavy (non-hydrogen) atoms. The van der Waals surface area contributed by atoms with Gasteiger partial charge in [0, 0.05) is 37.0 Å². The van der Waals surface area contributed by atoms with Crippen LogP contribution in [0.2, 0.25) is 0 Å². The fraction of sp³-hybridized carbons (Fsp3) is 1.00. The first-order chi connectivity index (χ1) is 6.73. The molecule has 0 spiro atoms. The van der Waals surface area contributed by atoms with Crippen LogP contribution < -0.4 is 16.0 Å². The number of hydrogen-bond donors (Lipinski definition) is 3. The van der Waals surface area contributed by atoms with Crippen LogP contribution in [0, 0.1) is 0 Å². The summed E-state index contributed by atoms with van der Waals surface area (Å²) in [6.07, 6.45) is 0. The standard InChI is InChI=1S/C10H23N3S/c1-4-14-7-9(11-3)10(2)8-12-5-6-13-10/h9,11-13H,4-8H2,1-3H3. The smallest absolute Gasteiger partial charge is 0.0441 e. The molecule has 0 amide bonds. The van der Waals surface area contributed by atoms with Crippen molar-refractivity contribution in [2.45, 2.75) is 25.4 Å². The summed E-state index contributed by atoms with van der Waals surface area (Å²) in [5.41, 5.74) is 0.204. The third-order valence-corrected chi connectivity index (χ3v) is 3.91. The van der Waals surface area contributed by atoms with Crippen molar-refractivity contribution >= 4 is 11.8 Å². The number of hydrogen-bond acceptors (Lipinski definition) is 4. The van der Waals surface area contributed by atoms with Gasteiger partial charge in [-0.15, -0.1) is 0 Å². The zero-order valence-electron chi connectivity index (χ0n) is 9.52. The van der Waals surface area contributed by atoms with Crippen molar-refractivity contribution in [3.63, 3.8) is 0 Å². The number of nitrogens with one attached hydrogen (secondary N) is 3. The van der Waals surface area contributed by atoms with Crippen LogP contribution in [0.25, 0.3) is 0 Å². The highest BCUT2D eigenvalue weighted by Crippen LogP contribution is 2.15. The maximum absolute atomic E-state index is 3.62. The fourth-order valence-electron chi connectivity index (χ4n) is 1.91. The Morgan fingerprint density at radius 2 is 2.29 bits per heavy atom. The predicted molar refractivity (Wildman–Crippen MR) is 65.1 cm³/mol. The van der Waals surface area contributed by atoms with Crippen molar-refractivity contribution in [1.29, 1.82) is 0 Å². The molecule has 0 aromatic rings. The zero-order valence-corrected chi connectivity index (χ0v) is 10.3. The Balaban J connectivity index is 2.47. The van der Waals surface area contributed by atoms with E-state index in [1.165, 1.54) is 11.5 Å². The lowest BCUT2D eigenvalue weighted by molar-refractivity contribution is 0.240. The average Bonchev–Trinajstić information content (AvgIpc) is 2.20. The van der Waals surface area contributed by atoms with Gasteiger partial charge in [-0.05, 0) is 19.7 Å². The molecule has 0 radical (unpaired) electrons. The topological polar surface area (TPSA) is 36.1 Å². The Bertz CT molecular complexity index is 157. The second-order valence-corrected chi connectivity index (χ2v) is 5.34. The first-order valence-electron chi connectivity index (χ1n) is 5.43. The molecular weight excluding hydrogens is 194 g/mol. The van der Waals surface area contributed by atoms with Gasteiger partial charge in [-0.1, -0.05) is 6.92 Å². The Morgan fingerprint density at radius 1 is 1.50 bits per heavy atom. The van der Waals surface area contributed by atoms with Gasteiger partial charge in [-0.25, -0.2) is 0 Å². The van der Waals surface area contributed by atoms with E-state index in [0.717, 1.165) is 19.6 Å². The summed E-state index contributed by atoms with van der Waals surface area (Å²) in [5.74, 6) is 2.37. The molecule has 0 saturated carbocycles. The van der Waals surface area contributed by atoms with Crippen molar-refractivity contribution in [2.75, 3.05) is 38.2 Å². The van der Waals surface area contributed by atoms with Crippen LogP contribution in [0.5, 0.6) is 0 Å². The lowest BCUT2D eigenvalue weighted by Gasteiger charge is -2.41. The molecule has 3 N–H and O–H groups in total. The molecule has 2 atom stereocenters. The Labute approximate surface area is 91.8 Å². The van der Waals surface area contributed by atoms with E-state index in [-0.39, 0.29) is 5.54 Å². The van der Waals surface area contributed by atoms with Gasteiger partial charge < -0.3 is 16.0 Å². The van der Waals surface area contributed by atoms with Gasteiger partial charge in [0.25, 0.3) is 0 Å². The average molecular weight is 217 g/mol. The summed E-state index contributed by atoms with van der Waals surface area (Å²) in [5, 5.41) is 10.5. The molecule has 0 aromatic carbocycles. The van der Waals surface area contributed by atoms with Crippen LogP contribution in [-0.4, -0.2) is 49.8 Å². The first kappa shape index (κ1) is 12.3. The van der Waals surface area contributed by atoms with Crippen molar-refractivity contribution in [1.82, 2.24) is 16.0 Å². The molecule has 1 saturated heterocycles. The Morgan fingerprint density at radius 3 is 2.79 bits per heavy atom. The summed E-state index contributed by atoms with van der Waals surface area (Å²) in [7, 11) is 2.06. The number of thioether (sulfide) groups is 1. The first-order valence-corrected chi connectivity index (χ1v) is 6.59. The molecule has 4 heteroatoms. The molecule has 0 bridgehead atoms. The van der Waals surface area contributed by atoms with E-state index in [2.05, 4.69) is 36.8 Å². The monoisotopic (exact) mass is 217 g/mol. The number of rotatable bonds is 5. The van der Waals surface area contributed by atoms with E-state index in [0.29, 0.717) is 6.04 Å². The summed E-state index contributed by atoms with van der Waals surface area (Å²) in [6, 6.07) is 0.542. The highest BCUT2D eigenvalue weighted by Gasteiger charge is 2.33. The van der Waals surface area contributed by atoms with Crippen molar-refractivity contribution in [2.24, 2.45) is 0 Å². The molecule has 84 valence electrons. The Kier molecular flexibility index (Phi) is 5.23. The summed E-state index contributed by atoms with van der Waals surface area (Å²) < 4.78 is 0. The summed E-state index contributed by atoms with van der Waals surface area (Å²) in [6.45, 7) is 7.74. The molecule has 3 nitrogen and oxygen atoms in total. The summed E-state index contributed by atoms with van der Waals surface area (Å²) in [4.78, 5) is 0. The lowest BCUT2D eigenvalue weighted by Crippen LogP contribution is -2.67. The summed E-state index contributed by atoms with van der Waals surface area (Å²) >= 11 is 2.00. The molecule has 1 heterocycles. The molecule has 0 aromatic heterocycles. The van der Waals surface area contributed by atoms with Gasteiger partial charge in [0.1, 0.15) is 0 Å². The predicted octanol–water partition coefficient (Wildman–Crippen LogP) is 0.279. The molecular formula is C10H23N3S. The maximum atomic E-state index is 3.62. The minimum atomic E-state index is 0.204. The van der Waals surface area contributed by atoms with Crippen LogP contribution in [0.3, 0.4) is 0 Å². The van der Waals surface area contributed by atoms with E-state index in [1.54, 1.807) is 0 Å². The molecule has 0 aliphatic carbocycles. The highest BCUT2D eigenvalue weighted by atomic mass is 32.2. The lowest BCUT2D eigenvalue weighted by atomic mass is 9.91. The number of likely N-dealkylation sites (N-methyl/N-ethyl adjacent to an activating group) is 1. The molecule has 1 aliphatic rings. The third-order valence-electron chi connectivity index (χ3n) is 2.93. The minimum Gasteiger partial charge on any atom is -0.314 e. The van der Waals surface area contributed by atoms with Crippen molar-refractivity contribution in [3.05, 3.63) is 0 Å². The van der Waals surface area contributed by atoms with Crippen LogP contribution in [0.1, 0.15) is 13.8 Å². The third kappa shape index (κ3) is 3.12. The molecule has 1 rings (SSSR count). The normalized spacial score (nSPS) is 30.2. The maximum Gasteiger partial charge on any atom is 0.0441 e. The van der Waals surface area contributed by atoms with Crippen LogP contribution >= 0.6 is 11.8 Å². The van der Waals surface area contributed by atoms with Crippen LogP contribution in [0.4, 0.5) is 0 Å². The minimum absolute atomic E-state index is 0.204.